The third-order valence-corrected chi connectivity index (χ3v) is 2.72. The van der Waals surface area contributed by atoms with E-state index in [1.165, 1.54) is 6.92 Å². The molecular formula is C12H19N3O4. The number of aliphatic carboxylic acids is 1. The zero-order valence-corrected chi connectivity index (χ0v) is 11.3. The number of aryl methyl sites for hydroxylation is 1. The first-order valence-electron chi connectivity index (χ1n) is 6.09. The highest BCUT2D eigenvalue weighted by Crippen LogP contribution is 2.12. The highest BCUT2D eigenvalue weighted by molar-refractivity contribution is 5.85. The van der Waals surface area contributed by atoms with Gasteiger partial charge in [-0.2, -0.15) is 0 Å². The summed E-state index contributed by atoms with van der Waals surface area (Å²) in [7, 11) is 0. The Morgan fingerprint density at radius 3 is 2.68 bits per heavy atom. The topological polar surface area (TPSA) is 104 Å². The molecular weight excluding hydrogens is 250 g/mol. The van der Waals surface area contributed by atoms with Crippen LogP contribution >= 0.6 is 0 Å². The molecule has 106 valence electrons. The average Bonchev–Trinajstić information content (AvgIpc) is 2.72. The minimum atomic E-state index is -1.27. The number of aromatic nitrogens is 1. The summed E-state index contributed by atoms with van der Waals surface area (Å²) in [6.45, 7) is 5.28. The van der Waals surface area contributed by atoms with E-state index in [0.29, 0.717) is 24.3 Å². The molecule has 7 nitrogen and oxygen atoms in total. The van der Waals surface area contributed by atoms with Crippen LogP contribution in [0.15, 0.2) is 10.6 Å². The van der Waals surface area contributed by atoms with Gasteiger partial charge in [0.25, 0.3) is 0 Å². The molecule has 1 unspecified atom stereocenters. The van der Waals surface area contributed by atoms with Crippen molar-refractivity contribution in [1.82, 2.24) is 15.8 Å². The minimum absolute atomic E-state index is 0.186. The SMILES string of the molecule is CCCC(C)(NC(=O)NCc1cc(C)on1)C(=O)O. The number of nitrogens with one attached hydrogen (secondary N) is 2. The summed E-state index contributed by atoms with van der Waals surface area (Å²) in [5.74, 6) is -0.402. The van der Waals surface area contributed by atoms with E-state index in [-0.39, 0.29) is 6.54 Å². The summed E-state index contributed by atoms with van der Waals surface area (Å²) >= 11 is 0. The van der Waals surface area contributed by atoms with E-state index in [9.17, 15) is 9.59 Å². The minimum Gasteiger partial charge on any atom is -0.480 e. The first kappa shape index (κ1) is 15.0. The fourth-order valence-electron chi connectivity index (χ4n) is 1.69. The molecule has 0 spiro atoms. The molecule has 1 aromatic rings. The van der Waals surface area contributed by atoms with Crippen molar-refractivity contribution in [3.63, 3.8) is 0 Å². The van der Waals surface area contributed by atoms with Crippen LogP contribution in [0.2, 0.25) is 0 Å². The van der Waals surface area contributed by atoms with Gasteiger partial charge in [-0.1, -0.05) is 18.5 Å². The molecule has 1 atom stereocenters. The number of hydrogen-bond acceptors (Lipinski definition) is 4. The van der Waals surface area contributed by atoms with Crippen molar-refractivity contribution in [3.05, 3.63) is 17.5 Å². The predicted octanol–water partition coefficient (Wildman–Crippen LogP) is 1.43. The van der Waals surface area contributed by atoms with E-state index in [4.69, 9.17) is 9.63 Å². The van der Waals surface area contributed by atoms with Crippen molar-refractivity contribution < 1.29 is 19.2 Å². The number of nitrogens with zero attached hydrogens (tertiary/aromatic N) is 1. The summed E-state index contributed by atoms with van der Waals surface area (Å²) in [5, 5.41) is 17.9. The molecule has 0 radical (unpaired) electrons. The van der Waals surface area contributed by atoms with Crippen LogP contribution in [0.5, 0.6) is 0 Å². The van der Waals surface area contributed by atoms with Gasteiger partial charge in [-0.05, 0) is 20.3 Å². The molecule has 1 heterocycles. The number of rotatable bonds is 6. The van der Waals surface area contributed by atoms with Crippen molar-refractivity contribution in [1.29, 1.82) is 0 Å². The average molecular weight is 269 g/mol. The Morgan fingerprint density at radius 1 is 1.53 bits per heavy atom. The lowest BCUT2D eigenvalue weighted by atomic mass is 9.97. The summed E-state index contributed by atoms with van der Waals surface area (Å²) in [6.07, 6.45) is 1.02. The molecule has 0 aromatic carbocycles. The van der Waals surface area contributed by atoms with Gasteiger partial charge >= 0.3 is 12.0 Å². The van der Waals surface area contributed by atoms with Crippen LogP contribution in [-0.4, -0.2) is 27.8 Å². The van der Waals surface area contributed by atoms with Gasteiger partial charge in [0.1, 0.15) is 17.0 Å². The van der Waals surface area contributed by atoms with Gasteiger partial charge in [-0.25, -0.2) is 9.59 Å². The van der Waals surface area contributed by atoms with E-state index in [1.807, 2.05) is 6.92 Å². The maximum Gasteiger partial charge on any atom is 0.329 e. The highest BCUT2D eigenvalue weighted by Gasteiger charge is 2.33. The second-order valence-corrected chi connectivity index (χ2v) is 4.62. The Morgan fingerprint density at radius 2 is 2.21 bits per heavy atom. The lowest BCUT2D eigenvalue weighted by Crippen LogP contribution is -2.55. The molecule has 7 heteroatoms. The quantitative estimate of drug-likeness (QED) is 0.724. The van der Waals surface area contributed by atoms with E-state index < -0.39 is 17.5 Å². The number of urea groups is 1. The summed E-state index contributed by atoms with van der Waals surface area (Å²) < 4.78 is 4.86. The lowest BCUT2D eigenvalue weighted by molar-refractivity contribution is -0.144. The van der Waals surface area contributed by atoms with Crippen LogP contribution in [-0.2, 0) is 11.3 Å². The highest BCUT2D eigenvalue weighted by atomic mass is 16.5. The monoisotopic (exact) mass is 269 g/mol. The largest absolute Gasteiger partial charge is 0.480 e. The molecule has 0 saturated carbocycles. The van der Waals surface area contributed by atoms with Gasteiger partial charge in [0.2, 0.25) is 0 Å². The Hall–Kier alpha value is -2.05. The molecule has 0 saturated heterocycles. The van der Waals surface area contributed by atoms with Gasteiger partial charge in [-0.15, -0.1) is 0 Å². The molecule has 3 N–H and O–H groups in total. The van der Waals surface area contributed by atoms with Crippen molar-refractivity contribution in [2.75, 3.05) is 0 Å². The fraction of sp³-hybridized carbons (Fsp3) is 0.583. The van der Waals surface area contributed by atoms with Crippen LogP contribution in [0.3, 0.4) is 0 Å². The molecule has 1 aromatic heterocycles. The van der Waals surface area contributed by atoms with Crippen LogP contribution in [0.25, 0.3) is 0 Å². The normalized spacial score (nSPS) is 13.6. The number of carboxylic acids is 1. The van der Waals surface area contributed by atoms with Crippen LogP contribution < -0.4 is 10.6 Å². The molecule has 19 heavy (non-hydrogen) atoms. The van der Waals surface area contributed by atoms with E-state index in [2.05, 4.69) is 15.8 Å². The Labute approximate surface area is 111 Å². The number of amides is 2. The standard InChI is InChI=1S/C12H19N3O4/c1-4-5-12(3,10(16)17)14-11(18)13-7-9-6-8(2)19-15-9/h6H,4-5,7H2,1-3H3,(H,16,17)(H2,13,14,18). The van der Waals surface area contributed by atoms with E-state index in [0.717, 1.165) is 0 Å². The number of hydrogen-bond donors (Lipinski definition) is 3. The van der Waals surface area contributed by atoms with Crippen LogP contribution in [0, 0.1) is 6.92 Å². The van der Waals surface area contributed by atoms with Gasteiger partial charge in [-0.3, -0.25) is 0 Å². The molecule has 0 aliphatic heterocycles. The smallest absolute Gasteiger partial charge is 0.329 e. The zero-order chi connectivity index (χ0) is 14.5. The van der Waals surface area contributed by atoms with Crippen molar-refractivity contribution in [2.24, 2.45) is 0 Å². The van der Waals surface area contributed by atoms with Gasteiger partial charge < -0.3 is 20.3 Å². The molecule has 0 bridgehead atoms. The maximum absolute atomic E-state index is 11.7. The van der Waals surface area contributed by atoms with Crippen molar-refractivity contribution >= 4 is 12.0 Å². The third-order valence-electron chi connectivity index (χ3n) is 2.72. The van der Waals surface area contributed by atoms with Crippen LogP contribution in [0.4, 0.5) is 4.79 Å². The van der Waals surface area contributed by atoms with E-state index >= 15 is 0 Å². The Kier molecular flexibility index (Phi) is 4.91. The number of carbonyl (C=O) groups is 2. The second-order valence-electron chi connectivity index (χ2n) is 4.62. The molecule has 1 rings (SSSR count). The number of carboxylic acid groups (broad SMARTS) is 1. The Bertz CT molecular complexity index is 458. The van der Waals surface area contributed by atoms with Crippen molar-refractivity contribution in [2.45, 2.75) is 45.7 Å². The molecule has 0 fully saturated rings. The number of carbonyl (C=O) groups excluding carboxylic acids is 1. The third kappa shape index (κ3) is 4.27. The van der Waals surface area contributed by atoms with Crippen molar-refractivity contribution in [3.8, 4) is 0 Å². The zero-order valence-electron chi connectivity index (χ0n) is 11.3. The maximum atomic E-state index is 11.7. The second kappa shape index (κ2) is 6.21. The molecule has 0 aliphatic rings. The van der Waals surface area contributed by atoms with Gasteiger partial charge in [0.05, 0.1) is 6.54 Å². The Balaban J connectivity index is 2.51. The van der Waals surface area contributed by atoms with Gasteiger partial charge in [0.15, 0.2) is 0 Å². The first-order chi connectivity index (χ1) is 8.87. The fourth-order valence-corrected chi connectivity index (χ4v) is 1.69. The predicted molar refractivity (Wildman–Crippen MR) is 67.6 cm³/mol. The summed E-state index contributed by atoms with van der Waals surface area (Å²) in [4.78, 5) is 22.8. The first-order valence-corrected chi connectivity index (χ1v) is 6.09. The molecule has 0 aliphatic carbocycles. The van der Waals surface area contributed by atoms with E-state index in [1.54, 1.807) is 13.0 Å². The summed E-state index contributed by atoms with van der Waals surface area (Å²) in [5.41, 5.74) is -0.682. The molecule has 2 amide bonds. The lowest BCUT2D eigenvalue weighted by Gasteiger charge is -2.25. The van der Waals surface area contributed by atoms with Gasteiger partial charge in [0, 0.05) is 6.07 Å². The summed E-state index contributed by atoms with van der Waals surface area (Å²) in [6, 6.07) is 1.15. The van der Waals surface area contributed by atoms with Crippen LogP contribution in [0.1, 0.15) is 38.1 Å².